The lowest BCUT2D eigenvalue weighted by Crippen LogP contribution is -2.18. The molecule has 0 unspecified atom stereocenters. The molecule has 18 heavy (non-hydrogen) atoms. The van der Waals surface area contributed by atoms with Crippen molar-refractivity contribution in [3.05, 3.63) is 29.1 Å². The fourth-order valence-electron chi connectivity index (χ4n) is 2.74. The summed E-state index contributed by atoms with van der Waals surface area (Å²) >= 11 is 0. The van der Waals surface area contributed by atoms with Gasteiger partial charge in [-0.2, -0.15) is 0 Å². The summed E-state index contributed by atoms with van der Waals surface area (Å²) in [5.74, 6) is 1.91. The average Bonchev–Trinajstić information content (AvgIpc) is 2.57. The summed E-state index contributed by atoms with van der Waals surface area (Å²) in [6, 6.07) is 4.47. The third kappa shape index (κ3) is 1.74. The number of nitrogens with zero attached hydrogens (tertiary/aromatic N) is 2. The van der Waals surface area contributed by atoms with Crippen LogP contribution in [0.15, 0.2) is 12.1 Å². The second-order valence-corrected chi connectivity index (χ2v) is 5.46. The van der Waals surface area contributed by atoms with E-state index in [-0.39, 0.29) is 0 Å². The van der Waals surface area contributed by atoms with Gasteiger partial charge in [-0.05, 0) is 49.9 Å². The first-order valence-electron chi connectivity index (χ1n) is 6.88. The number of hydrogen-bond donors (Lipinski definition) is 1. The highest BCUT2D eigenvalue weighted by atomic mass is 15.1. The monoisotopic (exact) mass is 243 g/mol. The van der Waals surface area contributed by atoms with E-state index in [1.54, 1.807) is 0 Å². The molecular formula is C15H21N3. The van der Waals surface area contributed by atoms with Gasteiger partial charge < -0.3 is 10.3 Å². The highest BCUT2D eigenvalue weighted by molar-refractivity contribution is 5.78. The van der Waals surface area contributed by atoms with Gasteiger partial charge in [0.05, 0.1) is 11.0 Å². The molecular weight excluding hydrogens is 222 g/mol. The molecule has 2 aromatic rings. The summed E-state index contributed by atoms with van der Waals surface area (Å²) in [4.78, 5) is 4.86. The van der Waals surface area contributed by atoms with Crippen molar-refractivity contribution in [2.24, 2.45) is 5.73 Å². The maximum Gasteiger partial charge on any atom is 0.113 e. The third-order valence-corrected chi connectivity index (χ3v) is 4.22. The topological polar surface area (TPSA) is 43.8 Å². The summed E-state index contributed by atoms with van der Waals surface area (Å²) in [6.45, 7) is 5.88. The van der Waals surface area contributed by atoms with Gasteiger partial charge in [0.25, 0.3) is 0 Å². The van der Waals surface area contributed by atoms with E-state index in [0.29, 0.717) is 12.5 Å². The van der Waals surface area contributed by atoms with Crippen molar-refractivity contribution in [2.75, 3.05) is 6.54 Å². The lowest BCUT2D eigenvalue weighted by atomic mass is 9.85. The molecule has 0 bridgehead atoms. The second kappa shape index (κ2) is 4.39. The van der Waals surface area contributed by atoms with Crippen LogP contribution < -0.4 is 5.73 Å². The van der Waals surface area contributed by atoms with Crippen LogP contribution in [0, 0.1) is 13.8 Å². The first-order chi connectivity index (χ1) is 8.70. The standard InChI is InChI=1S/C15H21N3/c1-10-8-13-14(9-11(10)2)18(7-6-16)15(17-13)12-4-3-5-12/h8-9,12H,3-7,16H2,1-2H3. The number of rotatable bonds is 3. The molecule has 0 spiro atoms. The summed E-state index contributed by atoms with van der Waals surface area (Å²) in [6.07, 6.45) is 3.91. The minimum absolute atomic E-state index is 0.657. The third-order valence-electron chi connectivity index (χ3n) is 4.22. The SMILES string of the molecule is Cc1cc2nc(C3CCC3)n(CCN)c2cc1C. The van der Waals surface area contributed by atoms with Gasteiger partial charge >= 0.3 is 0 Å². The molecule has 3 nitrogen and oxygen atoms in total. The van der Waals surface area contributed by atoms with Crippen molar-refractivity contribution < 1.29 is 0 Å². The molecule has 0 aliphatic heterocycles. The highest BCUT2D eigenvalue weighted by Crippen LogP contribution is 2.37. The van der Waals surface area contributed by atoms with Crippen molar-refractivity contribution in [1.29, 1.82) is 0 Å². The predicted molar refractivity (Wildman–Crippen MR) is 74.9 cm³/mol. The summed E-state index contributed by atoms with van der Waals surface area (Å²) in [7, 11) is 0. The van der Waals surface area contributed by atoms with Gasteiger partial charge in [-0.1, -0.05) is 6.42 Å². The van der Waals surface area contributed by atoms with Crippen LogP contribution in [-0.4, -0.2) is 16.1 Å². The van der Waals surface area contributed by atoms with Crippen LogP contribution in [0.3, 0.4) is 0 Å². The molecule has 3 heteroatoms. The average molecular weight is 243 g/mol. The predicted octanol–water partition coefficient (Wildman–Crippen LogP) is 2.88. The van der Waals surface area contributed by atoms with Crippen LogP contribution in [0.5, 0.6) is 0 Å². The Hall–Kier alpha value is -1.35. The molecule has 0 radical (unpaired) electrons. The number of aromatic nitrogens is 2. The molecule has 0 saturated heterocycles. The zero-order valence-electron chi connectivity index (χ0n) is 11.2. The van der Waals surface area contributed by atoms with Crippen molar-refractivity contribution in [3.63, 3.8) is 0 Å². The van der Waals surface area contributed by atoms with Crippen LogP contribution in [0.1, 0.15) is 42.1 Å². The van der Waals surface area contributed by atoms with E-state index in [2.05, 4.69) is 30.5 Å². The van der Waals surface area contributed by atoms with Crippen molar-refractivity contribution in [1.82, 2.24) is 9.55 Å². The largest absolute Gasteiger partial charge is 0.329 e. The van der Waals surface area contributed by atoms with E-state index in [1.807, 2.05) is 0 Å². The molecule has 0 amide bonds. The maximum absolute atomic E-state index is 5.76. The molecule has 1 saturated carbocycles. The van der Waals surface area contributed by atoms with Crippen molar-refractivity contribution in [3.8, 4) is 0 Å². The van der Waals surface area contributed by atoms with Gasteiger partial charge in [0.15, 0.2) is 0 Å². The van der Waals surface area contributed by atoms with Gasteiger partial charge in [0.2, 0.25) is 0 Å². The molecule has 2 N–H and O–H groups in total. The van der Waals surface area contributed by atoms with Gasteiger partial charge in [0.1, 0.15) is 5.82 Å². The molecule has 0 atom stereocenters. The molecule has 1 aliphatic rings. The minimum Gasteiger partial charge on any atom is -0.329 e. The smallest absolute Gasteiger partial charge is 0.113 e. The van der Waals surface area contributed by atoms with Crippen molar-refractivity contribution in [2.45, 2.75) is 45.6 Å². The summed E-state index contributed by atoms with van der Waals surface area (Å²) in [5.41, 5.74) is 10.8. The van der Waals surface area contributed by atoms with E-state index in [4.69, 9.17) is 10.7 Å². The Labute approximate surface area is 108 Å². The molecule has 1 aromatic carbocycles. The zero-order valence-corrected chi connectivity index (χ0v) is 11.2. The second-order valence-electron chi connectivity index (χ2n) is 5.46. The van der Waals surface area contributed by atoms with Crippen LogP contribution >= 0.6 is 0 Å². The fraction of sp³-hybridized carbons (Fsp3) is 0.533. The Kier molecular flexibility index (Phi) is 2.86. The van der Waals surface area contributed by atoms with Gasteiger partial charge in [-0.25, -0.2) is 4.98 Å². The van der Waals surface area contributed by atoms with Crippen LogP contribution in [0.2, 0.25) is 0 Å². The number of fused-ring (bicyclic) bond motifs is 1. The quantitative estimate of drug-likeness (QED) is 0.900. The van der Waals surface area contributed by atoms with Gasteiger partial charge in [-0.3, -0.25) is 0 Å². The molecule has 3 rings (SSSR count). The van der Waals surface area contributed by atoms with Crippen molar-refractivity contribution >= 4 is 11.0 Å². The molecule has 1 heterocycles. The molecule has 1 aliphatic carbocycles. The van der Waals surface area contributed by atoms with Crippen LogP contribution in [0.4, 0.5) is 0 Å². The van der Waals surface area contributed by atoms with E-state index in [9.17, 15) is 0 Å². The summed E-state index contributed by atoms with van der Waals surface area (Å²) < 4.78 is 2.34. The Bertz CT molecular complexity index is 579. The Balaban J connectivity index is 2.18. The first-order valence-corrected chi connectivity index (χ1v) is 6.88. The zero-order chi connectivity index (χ0) is 12.7. The summed E-state index contributed by atoms with van der Waals surface area (Å²) in [5, 5.41) is 0. The van der Waals surface area contributed by atoms with E-state index in [1.165, 1.54) is 41.7 Å². The van der Waals surface area contributed by atoms with E-state index >= 15 is 0 Å². The molecule has 1 fully saturated rings. The molecule has 1 aromatic heterocycles. The number of imidazole rings is 1. The van der Waals surface area contributed by atoms with E-state index < -0.39 is 0 Å². The maximum atomic E-state index is 5.76. The number of nitrogens with two attached hydrogens (primary N) is 1. The van der Waals surface area contributed by atoms with E-state index in [0.717, 1.165) is 12.1 Å². The fourth-order valence-corrected chi connectivity index (χ4v) is 2.74. The van der Waals surface area contributed by atoms with Gasteiger partial charge in [-0.15, -0.1) is 0 Å². The van der Waals surface area contributed by atoms with Crippen LogP contribution in [-0.2, 0) is 6.54 Å². The number of aryl methyl sites for hydroxylation is 2. The lowest BCUT2D eigenvalue weighted by molar-refractivity contribution is 0.389. The number of benzene rings is 1. The Morgan fingerprint density at radius 2 is 2.00 bits per heavy atom. The lowest BCUT2D eigenvalue weighted by Gasteiger charge is -2.25. The normalized spacial score (nSPS) is 16.2. The van der Waals surface area contributed by atoms with Gasteiger partial charge in [0, 0.05) is 19.0 Å². The highest BCUT2D eigenvalue weighted by Gasteiger charge is 2.25. The Morgan fingerprint density at radius 1 is 1.28 bits per heavy atom. The number of hydrogen-bond acceptors (Lipinski definition) is 2. The minimum atomic E-state index is 0.657. The van der Waals surface area contributed by atoms with Crippen LogP contribution in [0.25, 0.3) is 11.0 Å². The molecule has 96 valence electrons. The Morgan fingerprint density at radius 3 is 2.61 bits per heavy atom. The first kappa shape index (κ1) is 11.7.